The molecule has 1 saturated heterocycles. The Labute approximate surface area is 104 Å². The zero-order chi connectivity index (χ0) is 11.4. The zero-order valence-corrected chi connectivity index (χ0v) is 10.4. The number of nitrogens with one attached hydrogen (secondary N) is 1. The van der Waals surface area contributed by atoms with Crippen molar-refractivity contribution >= 4 is 28.7 Å². The van der Waals surface area contributed by atoms with Crippen LogP contribution in [0.4, 0.5) is 0 Å². The molecule has 1 atom stereocenters. The van der Waals surface area contributed by atoms with Crippen molar-refractivity contribution in [3.05, 3.63) is 21.3 Å². The summed E-state index contributed by atoms with van der Waals surface area (Å²) < 4.78 is 6.04. The fourth-order valence-corrected chi connectivity index (χ4v) is 2.85. The van der Waals surface area contributed by atoms with Gasteiger partial charge in [-0.2, -0.15) is 0 Å². The molecule has 16 heavy (non-hydrogen) atoms. The molecule has 0 radical (unpaired) electrons. The largest absolute Gasteiger partial charge is 0.379 e. The number of carbonyl (C=O) groups is 1. The Morgan fingerprint density at radius 1 is 1.62 bits per heavy atom. The van der Waals surface area contributed by atoms with Gasteiger partial charge in [-0.3, -0.25) is 4.79 Å². The highest BCUT2D eigenvalue weighted by atomic mass is 35.5. The lowest BCUT2D eigenvalue weighted by atomic mass is 10.1. The molecule has 0 spiro atoms. The summed E-state index contributed by atoms with van der Waals surface area (Å²) in [4.78, 5) is 12.8. The third-order valence-electron chi connectivity index (χ3n) is 2.47. The maximum atomic E-state index is 11.8. The van der Waals surface area contributed by atoms with Gasteiger partial charge in [-0.1, -0.05) is 11.6 Å². The average Bonchev–Trinajstić information content (AvgIpc) is 2.65. The van der Waals surface area contributed by atoms with Crippen molar-refractivity contribution in [1.82, 2.24) is 5.32 Å². The van der Waals surface area contributed by atoms with Gasteiger partial charge < -0.3 is 10.1 Å². The van der Waals surface area contributed by atoms with Crippen molar-refractivity contribution < 1.29 is 9.53 Å². The van der Waals surface area contributed by atoms with Crippen molar-refractivity contribution in [3.63, 3.8) is 0 Å². The molecule has 2 heterocycles. The van der Waals surface area contributed by atoms with Gasteiger partial charge in [0, 0.05) is 30.3 Å². The second-order valence-electron chi connectivity index (χ2n) is 3.85. The number of Topliss-reactive ketones (excluding diaryl/α,β-unsaturated/α-hetero) is 1. The van der Waals surface area contributed by atoms with E-state index in [0.717, 1.165) is 22.4 Å². The lowest BCUT2D eigenvalue weighted by Gasteiger charge is -2.22. The maximum absolute atomic E-state index is 11.8. The molecule has 2 rings (SSSR count). The van der Waals surface area contributed by atoms with Gasteiger partial charge in [-0.05, 0) is 12.1 Å². The van der Waals surface area contributed by atoms with Crippen LogP contribution in [0.3, 0.4) is 0 Å². The standard InChI is InChI=1S/C11H14ClNO2S/c12-11-2-1-10(16-11)6-9(14)5-8-7-15-4-3-13-8/h1-2,8,13H,3-7H2. The topological polar surface area (TPSA) is 38.3 Å². The molecule has 0 aliphatic carbocycles. The van der Waals surface area contributed by atoms with Crippen molar-refractivity contribution in [2.75, 3.05) is 19.8 Å². The highest BCUT2D eigenvalue weighted by molar-refractivity contribution is 7.16. The van der Waals surface area contributed by atoms with E-state index < -0.39 is 0 Å². The van der Waals surface area contributed by atoms with Crippen LogP contribution in [0.1, 0.15) is 11.3 Å². The SMILES string of the molecule is O=C(Cc1ccc(Cl)s1)CC1COCCN1. The highest BCUT2D eigenvalue weighted by Gasteiger charge is 2.17. The molecule has 1 unspecified atom stereocenters. The number of morpholine rings is 1. The van der Waals surface area contributed by atoms with E-state index in [0.29, 0.717) is 19.4 Å². The Morgan fingerprint density at radius 3 is 3.12 bits per heavy atom. The normalized spacial score (nSPS) is 20.9. The average molecular weight is 260 g/mol. The van der Waals surface area contributed by atoms with E-state index in [-0.39, 0.29) is 11.8 Å². The molecule has 88 valence electrons. The summed E-state index contributed by atoms with van der Waals surface area (Å²) in [5.41, 5.74) is 0. The van der Waals surface area contributed by atoms with Crippen LogP contribution in [-0.2, 0) is 16.0 Å². The Hall–Kier alpha value is -0.420. The predicted molar refractivity (Wildman–Crippen MR) is 65.3 cm³/mol. The molecule has 1 aromatic rings. The molecule has 0 saturated carbocycles. The number of ketones is 1. The molecular formula is C11H14ClNO2S. The summed E-state index contributed by atoms with van der Waals surface area (Å²) in [7, 11) is 0. The van der Waals surface area contributed by atoms with Crippen LogP contribution in [0.2, 0.25) is 4.34 Å². The van der Waals surface area contributed by atoms with Gasteiger partial charge >= 0.3 is 0 Å². The summed E-state index contributed by atoms with van der Waals surface area (Å²) in [6.07, 6.45) is 1.02. The highest BCUT2D eigenvalue weighted by Crippen LogP contribution is 2.22. The molecule has 0 bridgehead atoms. The van der Waals surface area contributed by atoms with Crippen molar-refractivity contribution in [2.45, 2.75) is 18.9 Å². The fraction of sp³-hybridized carbons (Fsp3) is 0.545. The molecule has 5 heteroatoms. The number of halogens is 1. The van der Waals surface area contributed by atoms with Crippen LogP contribution in [0, 0.1) is 0 Å². The van der Waals surface area contributed by atoms with E-state index in [1.807, 2.05) is 12.1 Å². The van der Waals surface area contributed by atoms with Crippen LogP contribution in [0.15, 0.2) is 12.1 Å². The first-order chi connectivity index (χ1) is 7.74. The second-order valence-corrected chi connectivity index (χ2v) is 5.65. The molecule has 1 aliphatic rings. The van der Waals surface area contributed by atoms with Crippen LogP contribution >= 0.6 is 22.9 Å². The van der Waals surface area contributed by atoms with E-state index in [4.69, 9.17) is 16.3 Å². The molecule has 0 aromatic carbocycles. The van der Waals surface area contributed by atoms with E-state index in [9.17, 15) is 4.79 Å². The monoisotopic (exact) mass is 259 g/mol. The van der Waals surface area contributed by atoms with Gasteiger partial charge in [0.15, 0.2) is 0 Å². The third-order valence-corrected chi connectivity index (χ3v) is 3.70. The zero-order valence-electron chi connectivity index (χ0n) is 8.87. The van der Waals surface area contributed by atoms with Crippen LogP contribution in [0.25, 0.3) is 0 Å². The molecule has 1 aliphatic heterocycles. The first-order valence-electron chi connectivity index (χ1n) is 5.31. The summed E-state index contributed by atoms with van der Waals surface area (Å²) in [6, 6.07) is 3.92. The summed E-state index contributed by atoms with van der Waals surface area (Å²) in [5.74, 6) is 0.238. The van der Waals surface area contributed by atoms with Gasteiger partial charge in [-0.15, -0.1) is 11.3 Å². The van der Waals surface area contributed by atoms with Crippen molar-refractivity contribution in [2.24, 2.45) is 0 Å². The predicted octanol–water partition coefficient (Wildman–Crippen LogP) is 1.89. The smallest absolute Gasteiger partial charge is 0.139 e. The molecular weight excluding hydrogens is 246 g/mol. The Morgan fingerprint density at radius 2 is 2.50 bits per heavy atom. The minimum atomic E-state index is 0.177. The van der Waals surface area contributed by atoms with E-state index in [1.54, 1.807) is 0 Å². The van der Waals surface area contributed by atoms with E-state index >= 15 is 0 Å². The number of ether oxygens (including phenoxy) is 1. The lowest BCUT2D eigenvalue weighted by Crippen LogP contribution is -2.42. The number of hydrogen-bond donors (Lipinski definition) is 1. The van der Waals surface area contributed by atoms with Crippen molar-refractivity contribution in [3.8, 4) is 0 Å². The molecule has 3 nitrogen and oxygen atoms in total. The van der Waals surface area contributed by atoms with Crippen LogP contribution in [0.5, 0.6) is 0 Å². The number of carbonyl (C=O) groups excluding carboxylic acids is 1. The number of rotatable bonds is 4. The summed E-state index contributed by atoms with van der Waals surface area (Å²) in [6.45, 7) is 2.21. The van der Waals surface area contributed by atoms with Gasteiger partial charge in [0.05, 0.1) is 17.6 Å². The Balaban J connectivity index is 1.79. The fourth-order valence-electron chi connectivity index (χ4n) is 1.74. The first-order valence-corrected chi connectivity index (χ1v) is 6.50. The van der Waals surface area contributed by atoms with E-state index in [1.165, 1.54) is 11.3 Å². The summed E-state index contributed by atoms with van der Waals surface area (Å²) >= 11 is 7.28. The van der Waals surface area contributed by atoms with Crippen LogP contribution in [-0.4, -0.2) is 31.6 Å². The second kappa shape index (κ2) is 5.77. The quantitative estimate of drug-likeness (QED) is 0.898. The molecule has 1 aromatic heterocycles. The van der Waals surface area contributed by atoms with Crippen molar-refractivity contribution in [1.29, 1.82) is 0 Å². The first kappa shape index (κ1) is 12.0. The van der Waals surface area contributed by atoms with E-state index in [2.05, 4.69) is 5.32 Å². The van der Waals surface area contributed by atoms with Gasteiger partial charge in [0.1, 0.15) is 5.78 Å². The molecule has 1 N–H and O–H groups in total. The Bertz CT molecular complexity index is 361. The van der Waals surface area contributed by atoms with Gasteiger partial charge in [-0.25, -0.2) is 0 Å². The number of hydrogen-bond acceptors (Lipinski definition) is 4. The van der Waals surface area contributed by atoms with Gasteiger partial charge in [0.25, 0.3) is 0 Å². The van der Waals surface area contributed by atoms with Gasteiger partial charge in [0.2, 0.25) is 0 Å². The lowest BCUT2D eigenvalue weighted by molar-refractivity contribution is -0.119. The maximum Gasteiger partial charge on any atom is 0.139 e. The minimum Gasteiger partial charge on any atom is -0.379 e. The Kier molecular flexibility index (Phi) is 4.35. The number of thiophene rings is 1. The summed E-state index contributed by atoms with van der Waals surface area (Å²) in [5, 5.41) is 3.27. The molecule has 1 fully saturated rings. The van der Waals surface area contributed by atoms with Crippen LogP contribution < -0.4 is 5.32 Å². The third kappa shape index (κ3) is 3.56. The minimum absolute atomic E-state index is 0.177. The molecule has 0 amide bonds.